The number of benzene rings is 5. The molecule has 342 valence electrons. The Balaban J connectivity index is 1.29. The van der Waals surface area contributed by atoms with Gasteiger partial charge in [0.05, 0.1) is 42.6 Å². The smallest absolute Gasteiger partial charge is 0.210 e. The Morgan fingerprint density at radius 2 is 1.42 bits per heavy atom. The normalized spacial score (nSPS) is 17.1. The maximum absolute atomic E-state index is 11.9. The summed E-state index contributed by atoms with van der Waals surface area (Å²) in [4.78, 5) is 2.27. The molecule has 14 nitrogen and oxygen atoms in total. The minimum atomic E-state index is -4.71. The monoisotopic (exact) mass is 957 g/mol. The van der Waals surface area contributed by atoms with Crippen molar-refractivity contribution in [2.75, 3.05) is 29.5 Å². The van der Waals surface area contributed by atoms with E-state index < -0.39 is 52.7 Å². The minimum Gasteiger partial charge on any atom is -0.748 e. The van der Waals surface area contributed by atoms with Crippen molar-refractivity contribution in [3.8, 4) is 0 Å². The molecule has 5 aromatic rings. The summed E-state index contributed by atoms with van der Waals surface area (Å²) in [6.45, 7) is 8.62. The van der Waals surface area contributed by atoms with E-state index in [1.165, 1.54) is 12.1 Å². The van der Waals surface area contributed by atoms with E-state index in [0.29, 0.717) is 10.3 Å². The van der Waals surface area contributed by atoms with Crippen LogP contribution in [0, 0.1) is 0 Å². The van der Waals surface area contributed by atoms with Crippen LogP contribution >= 0.6 is 12.0 Å². The van der Waals surface area contributed by atoms with Gasteiger partial charge in [-0.05, 0) is 101 Å². The lowest BCUT2D eigenvalue weighted by atomic mass is 9.79. The largest absolute Gasteiger partial charge is 0.748 e. The molecule has 18 heteroatoms. The minimum absolute atomic E-state index is 0.0549. The van der Waals surface area contributed by atoms with Crippen molar-refractivity contribution < 1.29 is 58.1 Å². The average Bonchev–Trinajstić information content (AvgIpc) is 3.59. The number of allylic oxidation sites excluding steroid dienone is 8. The van der Waals surface area contributed by atoms with Gasteiger partial charge in [0.2, 0.25) is 5.69 Å². The van der Waals surface area contributed by atoms with Gasteiger partial charge in [-0.25, -0.2) is 25.3 Å². The van der Waals surface area contributed by atoms with Gasteiger partial charge in [-0.3, -0.25) is 5.04 Å². The predicted molar refractivity (Wildman–Crippen MR) is 246 cm³/mol. The third-order valence-corrected chi connectivity index (χ3v) is 14.8. The van der Waals surface area contributed by atoms with Gasteiger partial charge in [0.1, 0.15) is 16.7 Å². The van der Waals surface area contributed by atoms with E-state index in [-0.39, 0.29) is 30.8 Å². The van der Waals surface area contributed by atoms with Gasteiger partial charge >= 0.3 is 0 Å². The predicted octanol–water partition coefficient (Wildman–Crippen LogP) is 7.25. The second-order valence-electron chi connectivity index (χ2n) is 16.8. The first-order valence-electron chi connectivity index (χ1n) is 20.5. The van der Waals surface area contributed by atoms with E-state index in [2.05, 4.69) is 23.2 Å². The second kappa shape index (κ2) is 18.7. The average molecular weight is 958 g/mol. The van der Waals surface area contributed by atoms with Crippen molar-refractivity contribution in [2.45, 2.75) is 61.2 Å². The molecule has 0 saturated heterocycles. The molecule has 0 aliphatic carbocycles. The maximum atomic E-state index is 11.9. The van der Waals surface area contributed by atoms with Gasteiger partial charge in [0.25, 0.3) is 0 Å². The van der Waals surface area contributed by atoms with E-state index in [1.807, 2.05) is 120 Å². The summed E-state index contributed by atoms with van der Waals surface area (Å²) >= 11 is 0.788. The van der Waals surface area contributed by atoms with Crippen molar-refractivity contribution in [1.82, 2.24) is 0 Å². The quantitative estimate of drug-likeness (QED) is 0.0224. The molecule has 0 unspecified atom stereocenters. The summed E-state index contributed by atoms with van der Waals surface area (Å²) < 4.78 is 112. The Hall–Kier alpha value is -4.99. The molecule has 65 heavy (non-hydrogen) atoms. The fourth-order valence-corrected chi connectivity index (χ4v) is 10.9. The van der Waals surface area contributed by atoms with Crippen LogP contribution in [0.2, 0.25) is 0 Å². The first kappa shape index (κ1) is 48.0. The second-order valence-corrected chi connectivity index (χ2v) is 22.0. The van der Waals surface area contributed by atoms with Crippen LogP contribution in [0.25, 0.3) is 27.1 Å². The summed E-state index contributed by atoms with van der Waals surface area (Å²) in [5.41, 5.74) is 5.55. The van der Waals surface area contributed by atoms with E-state index in [1.54, 1.807) is 18.2 Å². The Labute approximate surface area is 383 Å². The highest BCUT2D eigenvalue weighted by molar-refractivity contribution is 7.94. The molecular weight excluding hydrogens is 913 g/mol. The first-order chi connectivity index (χ1) is 30.6. The SMILES string of the molecule is CC1(C)C(=CC=CC(=CC=CC2=[N+](CCCS(=O)(=O)[O-])c3ccc4cc(SOO[O-])ccc4c3C2(C)C)c2ccccc2)N(CCCS(=O)(=O)[O-])c2ccc3cc(S(=O)(=O)[O-])ccc3c21. The number of rotatable bonds is 17. The topological polar surface area (TPSA) is 219 Å². The molecular formula is C47H45N2O12S4-3. The van der Waals surface area contributed by atoms with Crippen LogP contribution in [0.5, 0.6) is 0 Å². The molecule has 2 aliphatic rings. The third-order valence-electron chi connectivity index (χ3n) is 11.8. The lowest BCUT2D eigenvalue weighted by molar-refractivity contribution is -0.777. The highest BCUT2D eigenvalue weighted by atomic mass is 32.2. The molecule has 0 bridgehead atoms. The fourth-order valence-electron chi connectivity index (χ4n) is 9.05. The Bertz CT molecular complexity index is 3180. The van der Waals surface area contributed by atoms with Crippen LogP contribution in [0.1, 0.15) is 57.2 Å². The number of hydrogen-bond donors (Lipinski definition) is 0. The lowest BCUT2D eigenvalue weighted by Crippen LogP contribution is -2.28. The van der Waals surface area contributed by atoms with Crippen LogP contribution in [-0.4, -0.2) is 73.8 Å². The van der Waals surface area contributed by atoms with Crippen molar-refractivity contribution >= 4 is 86.6 Å². The summed E-state index contributed by atoms with van der Waals surface area (Å²) in [5.74, 6) is -1.08. The molecule has 0 fully saturated rings. The molecule has 0 amide bonds. The molecule has 0 radical (unpaired) electrons. The van der Waals surface area contributed by atoms with Crippen LogP contribution in [0.4, 0.5) is 11.4 Å². The summed E-state index contributed by atoms with van der Waals surface area (Å²) in [5, 5.41) is 17.1. The molecule has 0 atom stereocenters. The molecule has 0 aromatic heterocycles. The van der Waals surface area contributed by atoms with Crippen LogP contribution in [0.15, 0.2) is 143 Å². The van der Waals surface area contributed by atoms with E-state index in [4.69, 9.17) is 0 Å². The van der Waals surface area contributed by atoms with Crippen molar-refractivity contribution in [2.24, 2.45) is 0 Å². The standard InChI is InChI=1S/C47H48N2O12S4/c1-46(2)42(48(26-10-28-63(51,52)53)40-24-18-34-30-36(62-61-60-50)20-22-38(34)44(40)46)16-8-14-33(32-12-6-5-7-13-32)15-9-17-43-47(3,4)45-39-23-21-37(65(57,58)59)31-35(39)19-25-41(45)49(43)27-11-29-64(54,55)56/h5-9,12-25,30-31H,10-11,26-29H2,1-4H3,(H3-,50,51,52,53,54,55,56,57,58,59)/p-3. The molecule has 2 heterocycles. The molecule has 0 N–H and O–H groups in total. The lowest BCUT2D eigenvalue weighted by Gasteiger charge is -2.27. The zero-order valence-corrected chi connectivity index (χ0v) is 39.1. The highest BCUT2D eigenvalue weighted by Crippen LogP contribution is 2.51. The molecule has 5 aromatic carbocycles. The number of fused-ring (bicyclic) bond motifs is 6. The van der Waals surface area contributed by atoms with Gasteiger partial charge < -0.3 is 23.8 Å². The van der Waals surface area contributed by atoms with Crippen LogP contribution < -0.4 is 10.2 Å². The Morgan fingerprint density at radius 1 is 0.754 bits per heavy atom. The zero-order valence-electron chi connectivity index (χ0n) is 35.8. The highest BCUT2D eigenvalue weighted by Gasteiger charge is 2.45. The zero-order chi connectivity index (χ0) is 47.0. The van der Waals surface area contributed by atoms with Crippen molar-refractivity contribution in [1.29, 1.82) is 0 Å². The van der Waals surface area contributed by atoms with Gasteiger partial charge in [-0.2, -0.15) is 8.91 Å². The summed E-state index contributed by atoms with van der Waals surface area (Å²) in [7, 11) is -13.7. The van der Waals surface area contributed by atoms with Crippen LogP contribution in [-0.2, 0) is 50.6 Å². The molecule has 0 saturated carbocycles. The van der Waals surface area contributed by atoms with E-state index in [9.17, 15) is 44.2 Å². The maximum Gasteiger partial charge on any atom is 0.210 e. The number of anilines is 1. The van der Waals surface area contributed by atoms with Gasteiger partial charge in [0, 0.05) is 63.9 Å². The van der Waals surface area contributed by atoms with Gasteiger partial charge in [-0.15, -0.1) is 0 Å². The molecule has 2 aliphatic heterocycles. The molecule has 7 rings (SSSR count). The first-order valence-corrected chi connectivity index (χ1v) is 25.8. The molecule has 0 spiro atoms. The third kappa shape index (κ3) is 10.5. The fraction of sp³-hybridized carbons (Fsp3) is 0.255. The number of hydrogen-bond acceptors (Lipinski definition) is 14. The van der Waals surface area contributed by atoms with Crippen molar-refractivity contribution in [3.05, 3.63) is 150 Å². The summed E-state index contributed by atoms with van der Waals surface area (Å²) in [6, 6.07) is 26.9. The number of nitrogens with zero attached hydrogens (tertiary/aromatic N) is 2. The van der Waals surface area contributed by atoms with Crippen LogP contribution in [0.3, 0.4) is 0 Å². The Kier molecular flexibility index (Phi) is 13.8. The Morgan fingerprint density at radius 3 is 2.11 bits per heavy atom. The van der Waals surface area contributed by atoms with Gasteiger partial charge in [-0.1, -0.05) is 86.7 Å². The summed E-state index contributed by atoms with van der Waals surface area (Å²) in [6.07, 6.45) is 11.8. The van der Waals surface area contributed by atoms with Gasteiger partial charge in [0.15, 0.2) is 5.71 Å². The van der Waals surface area contributed by atoms with E-state index >= 15 is 0 Å². The van der Waals surface area contributed by atoms with E-state index in [0.717, 1.165) is 73.2 Å². The van der Waals surface area contributed by atoms with Crippen molar-refractivity contribution in [3.63, 3.8) is 0 Å².